The average Bonchev–Trinajstić information content (AvgIpc) is 3.19. The molecule has 0 saturated heterocycles. The van der Waals surface area contributed by atoms with Crippen LogP contribution >= 0.6 is 11.8 Å². The normalized spacial score (nSPS) is 15.0. The van der Waals surface area contributed by atoms with E-state index < -0.39 is 0 Å². The van der Waals surface area contributed by atoms with Crippen LogP contribution in [0.3, 0.4) is 0 Å². The van der Waals surface area contributed by atoms with E-state index in [9.17, 15) is 4.79 Å². The molecule has 1 aromatic heterocycles. The van der Waals surface area contributed by atoms with Gasteiger partial charge in [-0.05, 0) is 43.9 Å². The van der Waals surface area contributed by atoms with Crippen molar-refractivity contribution >= 4 is 23.4 Å². The molecule has 5 nitrogen and oxygen atoms in total. The first-order valence-electron chi connectivity index (χ1n) is 8.44. The zero-order valence-electron chi connectivity index (χ0n) is 14.5. The molecular weight excluding hydrogens is 320 g/mol. The highest BCUT2D eigenvalue weighted by Gasteiger charge is 2.23. The third kappa shape index (κ3) is 3.64. The van der Waals surface area contributed by atoms with Crippen molar-refractivity contribution in [3.8, 4) is 0 Å². The number of benzene rings is 1. The third-order valence-corrected chi connectivity index (χ3v) is 5.82. The quantitative estimate of drug-likeness (QED) is 0.838. The number of rotatable bonds is 5. The largest absolute Gasteiger partial charge is 0.325 e. The summed E-state index contributed by atoms with van der Waals surface area (Å²) >= 11 is 1.44. The number of nitrogens with zero attached hydrogens (tertiary/aromatic N) is 3. The maximum Gasteiger partial charge on any atom is 0.234 e. The summed E-state index contributed by atoms with van der Waals surface area (Å²) in [5, 5.41) is 12.4. The van der Waals surface area contributed by atoms with Gasteiger partial charge in [-0.1, -0.05) is 36.7 Å². The summed E-state index contributed by atoms with van der Waals surface area (Å²) in [5.74, 6) is 1.91. The molecule has 0 spiro atoms. The molecule has 6 heteroatoms. The highest BCUT2D eigenvalue weighted by Crippen LogP contribution is 2.33. The number of carbonyl (C=O) groups excluding carboxylic acids is 1. The molecule has 24 heavy (non-hydrogen) atoms. The van der Waals surface area contributed by atoms with Crippen molar-refractivity contribution < 1.29 is 4.79 Å². The number of aryl methyl sites for hydroxylation is 1. The number of hydrogen-bond donors (Lipinski definition) is 1. The Kier molecular flexibility index (Phi) is 5.23. The van der Waals surface area contributed by atoms with Gasteiger partial charge in [0.1, 0.15) is 5.82 Å². The van der Waals surface area contributed by atoms with Crippen molar-refractivity contribution in [2.45, 2.75) is 50.6 Å². The highest BCUT2D eigenvalue weighted by molar-refractivity contribution is 7.99. The van der Waals surface area contributed by atoms with Crippen LogP contribution in [0.1, 0.15) is 48.6 Å². The van der Waals surface area contributed by atoms with Crippen molar-refractivity contribution in [3.05, 3.63) is 35.2 Å². The Balaban J connectivity index is 1.59. The predicted molar refractivity (Wildman–Crippen MR) is 97.5 cm³/mol. The van der Waals surface area contributed by atoms with E-state index in [4.69, 9.17) is 0 Å². The summed E-state index contributed by atoms with van der Waals surface area (Å²) in [7, 11) is 2.00. The number of aromatic nitrogens is 3. The van der Waals surface area contributed by atoms with Gasteiger partial charge in [-0.3, -0.25) is 4.79 Å². The van der Waals surface area contributed by atoms with Crippen LogP contribution in [0.2, 0.25) is 0 Å². The smallest absolute Gasteiger partial charge is 0.234 e. The number of amides is 1. The van der Waals surface area contributed by atoms with Crippen LogP contribution in [0.4, 0.5) is 5.69 Å². The van der Waals surface area contributed by atoms with E-state index in [1.807, 2.05) is 43.7 Å². The number of thioether (sulfide) groups is 1. The van der Waals surface area contributed by atoms with E-state index in [-0.39, 0.29) is 5.91 Å². The molecule has 0 bridgehead atoms. The lowest BCUT2D eigenvalue weighted by Gasteiger charge is -2.10. The molecule has 0 radical (unpaired) electrons. The van der Waals surface area contributed by atoms with Crippen LogP contribution in [0.25, 0.3) is 0 Å². The fourth-order valence-corrected chi connectivity index (χ4v) is 3.91. The Hall–Kier alpha value is -1.82. The van der Waals surface area contributed by atoms with Gasteiger partial charge in [0.05, 0.1) is 5.75 Å². The standard InChI is InChI=1S/C18H24N4OS/c1-12-7-6-10-15(13(12)2)19-16(23)11-24-18-21-20-17(22(18)3)14-8-4-5-9-14/h6-7,10,14H,4-5,8-9,11H2,1-3H3,(H,19,23). The van der Waals surface area contributed by atoms with Crippen molar-refractivity contribution in [1.82, 2.24) is 14.8 Å². The Morgan fingerprint density at radius 2 is 2.04 bits per heavy atom. The molecule has 1 N–H and O–H groups in total. The van der Waals surface area contributed by atoms with E-state index in [2.05, 4.69) is 15.5 Å². The number of anilines is 1. The first kappa shape index (κ1) is 17.0. The number of carbonyl (C=O) groups is 1. The maximum absolute atomic E-state index is 12.2. The van der Waals surface area contributed by atoms with Gasteiger partial charge in [-0.25, -0.2) is 0 Å². The molecule has 0 unspecified atom stereocenters. The van der Waals surface area contributed by atoms with Crippen LogP contribution in [0.15, 0.2) is 23.4 Å². The SMILES string of the molecule is Cc1cccc(NC(=O)CSc2nnc(C3CCCC3)n2C)c1C. The highest BCUT2D eigenvalue weighted by atomic mass is 32.2. The number of nitrogens with one attached hydrogen (secondary N) is 1. The van der Waals surface area contributed by atoms with Gasteiger partial charge >= 0.3 is 0 Å². The maximum atomic E-state index is 12.2. The van der Waals surface area contributed by atoms with E-state index in [1.165, 1.54) is 43.0 Å². The van der Waals surface area contributed by atoms with Crippen LogP contribution in [0, 0.1) is 13.8 Å². The third-order valence-electron chi connectivity index (χ3n) is 4.80. The predicted octanol–water partition coefficient (Wildman–Crippen LogP) is 3.82. The monoisotopic (exact) mass is 344 g/mol. The topological polar surface area (TPSA) is 59.8 Å². The van der Waals surface area contributed by atoms with Gasteiger partial charge in [0.25, 0.3) is 0 Å². The molecule has 1 amide bonds. The zero-order chi connectivity index (χ0) is 17.1. The van der Waals surface area contributed by atoms with Gasteiger partial charge in [-0.15, -0.1) is 10.2 Å². The summed E-state index contributed by atoms with van der Waals surface area (Å²) in [6, 6.07) is 5.94. The summed E-state index contributed by atoms with van der Waals surface area (Å²) in [6.45, 7) is 4.07. The minimum Gasteiger partial charge on any atom is -0.325 e. The minimum atomic E-state index is -0.0147. The lowest BCUT2D eigenvalue weighted by Crippen LogP contribution is -2.15. The number of hydrogen-bond acceptors (Lipinski definition) is 4. The van der Waals surface area contributed by atoms with E-state index >= 15 is 0 Å². The Morgan fingerprint density at radius 1 is 1.29 bits per heavy atom. The lowest BCUT2D eigenvalue weighted by molar-refractivity contribution is -0.113. The fourth-order valence-electron chi connectivity index (χ4n) is 3.19. The minimum absolute atomic E-state index is 0.0147. The van der Waals surface area contributed by atoms with Gasteiger partial charge in [0, 0.05) is 18.7 Å². The lowest BCUT2D eigenvalue weighted by atomic mass is 10.1. The molecular formula is C18H24N4OS. The average molecular weight is 344 g/mol. The first-order valence-corrected chi connectivity index (χ1v) is 9.43. The molecule has 0 aliphatic heterocycles. The Morgan fingerprint density at radius 3 is 2.79 bits per heavy atom. The second kappa shape index (κ2) is 7.38. The molecule has 1 saturated carbocycles. The van der Waals surface area contributed by atoms with E-state index in [0.717, 1.165) is 22.2 Å². The van der Waals surface area contributed by atoms with E-state index in [0.29, 0.717) is 11.7 Å². The molecule has 2 aromatic rings. The Bertz CT molecular complexity index is 735. The molecule has 1 heterocycles. The van der Waals surface area contributed by atoms with Gasteiger partial charge in [0.15, 0.2) is 5.16 Å². The molecule has 1 aliphatic carbocycles. The zero-order valence-corrected chi connectivity index (χ0v) is 15.3. The Labute approximate surface area is 147 Å². The summed E-state index contributed by atoms with van der Waals surface area (Å²) in [4.78, 5) is 12.2. The first-order chi connectivity index (χ1) is 11.6. The molecule has 1 fully saturated rings. The molecule has 1 aromatic carbocycles. The van der Waals surface area contributed by atoms with Gasteiger partial charge < -0.3 is 9.88 Å². The fraction of sp³-hybridized carbons (Fsp3) is 0.500. The van der Waals surface area contributed by atoms with Crippen molar-refractivity contribution in [3.63, 3.8) is 0 Å². The van der Waals surface area contributed by atoms with Crippen molar-refractivity contribution in [2.75, 3.05) is 11.1 Å². The van der Waals surface area contributed by atoms with E-state index in [1.54, 1.807) is 0 Å². The van der Waals surface area contributed by atoms with Crippen LogP contribution in [0.5, 0.6) is 0 Å². The van der Waals surface area contributed by atoms with Crippen molar-refractivity contribution in [1.29, 1.82) is 0 Å². The summed E-state index contributed by atoms with van der Waals surface area (Å²) < 4.78 is 2.05. The summed E-state index contributed by atoms with van der Waals surface area (Å²) in [6.07, 6.45) is 4.95. The second-order valence-electron chi connectivity index (χ2n) is 6.47. The van der Waals surface area contributed by atoms with Crippen LogP contribution < -0.4 is 5.32 Å². The molecule has 3 rings (SSSR count). The molecule has 1 aliphatic rings. The van der Waals surface area contributed by atoms with Crippen LogP contribution in [-0.4, -0.2) is 26.4 Å². The van der Waals surface area contributed by atoms with Crippen molar-refractivity contribution in [2.24, 2.45) is 7.05 Å². The van der Waals surface area contributed by atoms with Gasteiger partial charge in [-0.2, -0.15) is 0 Å². The molecule has 0 atom stereocenters. The summed E-state index contributed by atoms with van der Waals surface area (Å²) in [5.41, 5.74) is 3.16. The second-order valence-corrected chi connectivity index (χ2v) is 7.41. The van der Waals surface area contributed by atoms with Gasteiger partial charge in [0.2, 0.25) is 5.91 Å². The molecule has 128 valence electrons. The van der Waals surface area contributed by atoms with Crippen LogP contribution in [-0.2, 0) is 11.8 Å².